The Balaban J connectivity index is 2.44. The van der Waals surface area contributed by atoms with Crippen molar-refractivity contribution in [2.45, 2.75) is 18.0 Å². The van der Waals surface area contributed by atoms with Gasteiger partial charge in [0.1, 0.15) is 25.0 Å². The summed E-state index contributed by atoms with van der Waals surface area (Å²) in [4.78, 5) is 10.6. The van der Waals surface area contributed by atoms with Gasteiger partial charge in [-0.15, -0.1) is 0 Å². The largest absolute Gasteiger partial charge is 0.523 e. The van der Waals surface area contributed by atoms with Crippen LogP contribution in [0.4, 0.5) is 13.2 Å². The number of nitrogens with two attached hydrogens (primary N) is 1. The lowest BCUT2D eigenvalue weighted by Gasteiger charge is -2.10. The summed E-state index contributed by atoms with van der Waals surface area (Å²) in [5, 5.41) is 8.67. The number of carbonyl (C=O) groups is 1. The molecule has 3 N–H and O–H groups in total. The van der Waals surface area contributed by atoms with Crippen LogP contribution in [0.5, 0.6) is 5.75 Å². The van der Waals surface area contributed by atoms with Gasteiger partial charge in [0.25, 0.3) is 0 Å². The average molecular weight is 357 g/mol. The third-order valence-electron chi connectivity index (χ3n) is 2.57. The molecule has 0 amide bonds. The molecule has 0 radical (unpaired) electrons. The summed E-state index contributed by atoms with van der Waals surface area (Å²) >= 11 is 0. The molecule has 0 aliphatic rings. The maximum atomic E-state index is 12.0. The summed E-state index contributed by atoms with van der Waals surface area (Å²) in [6, 6.07) is 4.91. The molecule has 0 fully saturated rings. The summed E-state index contributed by atoms with van der Waals surface area (Å²) in [6.45, 7) is -1.21. The highest BCUT2D eigenvalue weighted by Gasteiger charge is 2.47. The molecule has 1 aromatic rings. The van der Waals surface area contributed by atoms with Crippen LogP contribution in [0.1, 0.15) is 5.56 Å². The normalized spacial score (nSPS) is 13.6. The van der Waals surface area contributed by atoms with Crippen LogP contribution in [0.25, 0.3) is 0 Å². The van der Waals surface area contributed by atoms with Crippen molar-refractivity contribution in [2.75, 3.05) is 13.2 Å². The van der Waals surface area contributed by atoms with Crippen LogP contribution in [0, 0.1) is 0 Å². The molecule has 0 saturated carbocycles. The second kappa shape index (κ2) is 7.62. The Hall–Kier alpha value is -1.85. The highest BCUT2D eigenvalue weighted by Crippen LogP contribution is 2.24. The summed E-state index contributed by atoms with van der Waals surface area (Å²) in [7, 11) is -5.63. The van der Waals surface area contributed by atoms with Crippen molar-refractivity contribution >= 4 is 16.1 Å². The summed E-state index contributed by atoms with van der Waals surface area (Å²) in [5.41, 5.74) is 0.518. The van der Waals surface area contributed by atoms with Crippen LogP contribution >= 0.6 is 0 Å². The van der Waals surface area contributed by atoms with Gasteiger partial charge in [-0.1, -0.05) is 12.1 Å². The van der Waals surface area contributed by atoms with Gasteiger partial charge in [-0.2, -0.15) is 21.6 Å². The van der Waals surface area contributed by atoms with Crippen LogP contribution in [0.15, 0.2) is 24.3 Å². The minimum Gasteiger partial charge on any atom is -0.491 e. The van der Waals surface area contributed by atoms with Crippen molar-refractivity contribution in [3.05, 3.63) is 29.8 Å². The molecule has 1 aromatic carbocycles. The minimum atomic E-state index is -5.63. The van der Waals surface area contributed by atoms with E-state index in [0.717, 1.165) is 0 Å². The molecule has 1 atom stereocenters. The molecular weight excluding hydrogens is 343 g/mol. The standard InChI is InChI=1S/C12H14F3NO6S/c13-12(14,15)23(19,20)22-6-5-21-9-3-1-8(2-4-9)7-10(16)11(17)18/h1-4,10H,5-7,16H2,(H,17,18)/t10-/m0/s1. The molecule has 130 valence electrons. The van der Waals surface area contributed by atoms with Crippen molar-refractivity contribution in [1.82, 2.24) is 0 Å². The number of carboxylic acids is 1. The number of hydrogen-bond acceptors (Lipinski definition) is 6. The zero-order valence-corrected chi connectivity index (χ0v) is 12.4. The predicted molar refractivity (Wildman–Crippen MR) is 72.2 cm³/mol. The van der Waals surface area contributed by atoms with Crippen LogP contribution < -0.4 is 10.5 Å². The molecular formula is C12H14F3NO6S. The van der Waals surface area contributed by atoms with Gasteiger partial charge in [0.15, 0.2) is 0 Å². The molecule has 23 heavy (non-hydrogen) atoms. The summed E-state index contributed by atoms with van der Waals surface area (Å²) in [6.07, 6.45) is 0.0998. The highest BCUT2D eigenvalue weighted by molar-refractivity contribution is 7.87. The summed E-state index contributed by atoms with van der Waals surface area (Å²) in [5.74, 6) is -0.890. The van der Waals surface area contributed by atoms with E-state index >= 15 is 0 Å². The average Bonchev–Trinajstić information content (AvgIpc) is 2.44. The maximum absolute atomic E-state index is 12.0. The number of rotatable bonds is 8. The Morgan fingerprint density at radius 3 is 2.26 bits per heavy atom. The van der Waals surface area contributed by atoms with E-state index in [4.69, 9.17) is 15.6 Å². The van der Waals surface area contributed by atoms with E-state index in [1.54, 1.807) is 0 Å². The van der Waals surface area contributed by atoms with Crippen molar-refractivity contribution in [1.29, 1.82) is 0 Å². The van der Waals surface area contributed by atoms with Gasteiger partial charge in [-0.05, 0) is 24.1 Å². The van der Waals surface area contributed by atoms with E-state index in [0.29, 0.717) is 5.56 Å². The second-order valence-corrected chi connectivity index (χ2v) is 5.97. The molecule has 0 aliphatic heterocycles. The SMILES string of the molecule is N[C@@H](Cc1ccc(OCCOS(=O)(=O)C(F)(F)F)cc1)C(=O)O. The fraction of sp³-hybridized carbons (Fsp3) is 0.417. The van der Waals surface area contributed by atoms with E-state index < -0.39 is 40.9 Å². The number of carboxylic acid groups (broad SMARTS) is 1. The maximum Gasteiger partial charge on any atom is 0.523 e. The number of ether oxygens (including phenoxy) is 1. The van der Waals surface area contributed by atoms with Gasteiger partial charge in [0.05, 0.1) is 0 Å². The molecule has 0 bridgehead atoms. The quantitative estimate of drug-likeness (QED) is 0.403. The zero-order chi connectivity index (χ0) is 17.7. The van der Waals surface area contributed by atoms with Crippen molar-refractivity contribution in [3.8, 4) is 5.75 Å². The molecule has 0 heterocycles. The lowest BCUT2D eigenvalue weighted by atomic mass is 10.1. The first-order chi connectivity index (χ1) is 10.5. The Labute approximate surface area is 129 Å². The van der Waals surface area contributed by atoms with Crippen LogP contribution in [-0.4, -0.2) is 44.3 Å². The molecule has 7 nitrogen and oxygen atoms in total. The fourth-order valence-corrected chi connectivity index (χ4v) is 1.85. The Bertz CT molecular complexity index is 629. The topological polar surface area (TPSA) is 116 Å². The molecule has 0 spiro atoms. The van der Waals surface area contributed by atoms with Crippen LogP contribution in [-0.2, 0) is 25.5 Å². The fourth-order valence-electron chi connectivity index (χ4n) is 1.43. The first-order valence-corrected chi connectivity index (χ1v) is 7.59. The molecule has 0 saturated heterocycles. The Kier molecular flexibility index (Phi) is 6.36. The summed E-state index contributed by atoms with van der Waals surface area (Å²) < 4.78 is 65.9. The van der Waals surface area contributed by atoms with Gasteiger partial charge >= 0.3 is 21.6 Å². The molecule has 0 aliphatic carbocycles. The van der Waals surface area contributed by atoms with Gasteiger partial charge < -0.3 is 15.6 Å². The van der Waals surface area contributed by atoms with Crippen molar-refractivity contribution < 1.29 is 40.4 Å². The van der Waals surface area contributed by atoms with Gasteiger partial charge in [0.2, 0.25) is 0 Å². The smallest absolute Gasteiger partial charge is 0.491 e. The first kappa shape index (κ1) is 19.2. The zero-order valence-electron chi connectivity index (χ0n) is 11.6. The predicted octanol–water partition coefficient (Wildman–Crippen LogP) is 0.886. The van der Waals surface area contributed by atoms with Gasteiger partial charge in [-0.25, -0.2) is 0 Å². The van der Waals surface area contributed by atoms with E-state index in [-0.39, 0.29) is 12.2 Å². The molecule has 1 rings (SSSR count). The van der Waals surface area contributed by atoms with E-state index in [9.17, 15) is 26.4 Å². The van der Waals surface area contributed by atoms with E-state index in [2.05, 4.69) is 4.18 Å². The van der Waals surface area contributed by atoms with E-state index in [1.165, 1.54) is 24.3 Å². The number of benzene rings is 1. The minimum absolute atomic E-state index is 0.0998. The molecule has 0 aromatic heterocycles. The number of halogens is 3. The molecule has 0 unspecified atom stereocenters. The molecule has 11 heteroatoms. The van der Waals surface area contributed by atoms with E-state index in [1.807, 2.05) is 0 Å². The van der Waals surface area contributed by atoms with Crippen LogP contribution in [0.3, 0.4) is 0 Å². The van der Waals surface area contributed by atoms with Gasteiger partial charge in [-0.3, -0.25) is 8.98 Å². The Morgan fingerprint density at radius 1 is 1.22 bits per heavy atom. The third kappa shape index (κ3) is 6.04. The van der Waals surface area contributed by atoms with Crippen LogP contribution in [0.2, 0.25) is 0 Å². The number of hydrogen-bond donors (Lipinski definition) is 2. The second-order valence-electron chi connectivity index (χ2n) is 4.36. The number of alkyl halides is 3. The Morgan fingerprint density at radius 2 is 1.78 bits per heavy atom. The van der Waals surface area contributed by atoms with Gasteiger partial charge in [0, 0.05) is 0 Å². The van der Waals surface area contributed by atoms with Crippen molar-refractivity contribution in [2.24, 2.45) is 5.73 Å². The first-order valence-electron chi connectivity index (χ1n) is 6.19. The lowest BCUT2D eigenvalue weighted by molar-refractivity contribution is -0.138. The third-order valence-corrected chi connectivity index (χ3v) is 3.61. The monoisotopic (exact) mass is 357 g/mol. The van der Waals surface area contributed by atoms with Crippen molar-refractivity contribution in [3.63, 3.8) is 0 Å². The highest BCUT2D eigenvalue weighted by atomic mass is 32.2. The lowest BCUT2D eigenvalue weighted by Crippen LogP contribution is -2.32. The number of aliphatic carboxylic acids is 1.